The Kier molecular flexibility index (Phi) is 5.91. The highest BCUT2D eigenvalue weighted by atomic mass is 19.1. The molecule has 0 unspecified atom stereocenters. The number of allylic oxidation sites excluding steroid dienone is 1. The Morgan fingerprint density at radius 2 is 1.64 bits per heavy atom. The molecule has 2 aliphatic carbocycles. The monoisotopic (exact) mass is 341 g/mol. The lowest BCUT2D eigenvalue weighted by molar-refractivity contribution is -0.0192. The lowest BCUT2D eigenvalue weighted by atomic mass is 9.67. The van der Waals surface area contributed by atoms with Crippen molar-refractivity contribution >= 4 is 0 Å². The van der Waals surface area contributed by atoms with Crippen molar-refractivity contribution in [1.82, 2.24) is 0 Å². The lowest BCUT2D eigenvalue weighted by Gasteiger charge is -2.41. The molecule has 0 heterocycles. The highest BCUT2D eigenvalue weighted by molar-refractivity contribution is 5.21. The number of methoxy groups -OCH3 is 1. The van der Waals surface area contributed by atoms with Gasteiger partial charge in [0.2, 0.25) is 0 Å². The lowest BCUT2D eigenvalue weighted by Crippen LogP contribution is -2.36. The van der Waals surface area contributed by atoms with Crippen molar-refractivity contribution in [3.63, 3.8) is 0 Å². The summed E-state index contributed by atoms with van der Waals surface area (Å²) in [5.74, 6) is 2.04. The molecule has 0 amide bonds. The van der Waals surface area contributed by atoms with E-state index in [0.717, 1.165) is 24.7 Å². The molecule has 0 aromatic heterocycles. The van der Waals surface area contributed by atoms with Gasteiger partial charge in [0.15, 0.2) is 0 Å². The van der Waals surface area contributed by atoms with Crippen LogP contribution in [0.4, 0.5) is 4.39 Å². The van der Waals surface area contributed by atoms with E-state index in [-0.39, 0.29) is 11.4 Å². The van der Waals surface area contributed by atoms with Crippen molar-refractivity contribution in [3.05, 3.63) is 47.8 Å². The second-order valence-corrected chi connectivity index (χ2v) is 7.73. The van der Waals surface area contributed by atoms with Crippen molar-refractivity contribution in [1.29, 1.82) is 5.26 Å². The molecule has 134 valence electrons. The van der Waals surface area contributed by atoms with Crippen molar-refractivity contribution in [2.45, 2.75) is 62.9 Å². The average Bonchev–Trinajstić information content (AvgIpc) is 2.68. The first kappa shape index (κ1) is 18.1. The summed E-state index contributed by atoms with van der Waals surface area (Å²) in [5, 5.41) is 8.78. The first-order valence-corrected chi connectivity index (χ1v) is 9.54. The molecule has 2 aliphatic rings. The van der Waals surface area contributed by atoms with Gasteiger partial charge in [-0.1, -0.05) is 12.1 Å². The normalized spacial score (nSPS) is 33.2. The fourth-order valence-corrected chi connectivity index (χ4v) is 4.89. The molecule has 3 heteroatoms. The van der Waals surface area contributed by atoms with Gasteiger partial charge in [-0.25, -0.2) is 4.39 Å². The highest BCUT2D eigenvalue weighted by Crippen LogP contribution is 2.45. The molecule has 2 saturated carbocycles. The highest BCUT2D eigenvalue weighted by Gasteiger charge is 2.37. The number of nitrogens with zero attached hydrogens (tertiary/aromatic N) is 1. The van der Waals surface area contributed by atoms with Crippen molar-refractivity contribution in [2.24, 2.45) is 11.8 Å². The SMILES string of the molecule is COC1(C=CC#N)CCC(C2CCC(c3ccc(F)cc3)CC2)CC1. The maximum Gasteiger partial charge on any atom is 0.123 e. The van der Waals surface area contributed by atoms with Gasteiger partial charge < -0.3 is 4.74 Å². The number of nitriles is 1. The molecule has 2 fully saturated rings. The zero-order valence-corrected chi connectivity index (χ0v) is 15.1. The number of benzene rings is 1. The van der Waals surface area contributed by atoms with Crippen LogP contribution in [0.2, 0.25) is 0 Å². The Balaban J connectivity index is 1.52. The smallest absolute Gasteiger partial charge is 0.123 e. The molecule has 3 rings (SSSR count). The summed E-state index contributed by atoms with van der Waals surface area (Å²) in [4.78, 5) is 0. The Hall–Kier alpha value is -1.66. The molecule has 0 N–H and O–H groups in total. The van der Waals surface area contributed by atoms with Gasteiger partial charge in [-0.2, -0.15) is 5.26 Å². The molecule has 2 nitrogen and oxygen atoms in total. The fraction of sp³-hybridized carbons (Fsp3) is 0.591. The van der Waals surface area contributed by atoms with Crippen LogP contribution in [0.3, 0.4) is 0 Å². The summed E-state index contributed by atoms with van der Waals surface area (Å²) in [6, 6.07) is 9.17. The number of hydrogen-bond acceptors (Lipinski definition) is 2. The van der Waals surface area contributed by atoms with Gasteiger partial charge >= 0.3 is 0 Å². The molecular weight excluding hydrogens is 313 g/mol. The second kappa shape index (κ2) is 8.15. The maximum atomic E-state index is 13.1. The largest absolute Gasteiger partial charge is 0.374 e. The summed E-state index contributed by atoms with van der Waals surface area (Å²) in [6.45, 7) is 0. The van der Waals surface area contributed by atoms with E-state index < -0.39 is 0 Å². The average molecular weight is 341 g/mol. The van der Waals surface area contributed by atoms with Crippen molar-refractivity contribution in [3.8, 4) is 6.07 Å². The van der Waals surface area contributed by atoms with Crippen LogP contribution >= 0.6 is 0 Å². The Morgan fingerprint density at radius 1 is 1.04 bits per heavy atom. The van der Waals surface area contributed by atoms with Gasteiger partial charge in [0.25, 0.3) is 0 Å². The fourth-order valence-electron chi connectivity index (χ4n) is 4.89. The predicted molar refractivity (Wildman–Crippen MR) is 97.6 cm³/mol. The van der Waals surface area contributed by atoms with E-state index in [9.17, 15) is 4.39 Å². The molecule has 0 bridgehead atoms. The Bertz CT molecular complexity index is 614. The topological polar surface area (TPSA) is 33.0 Å². The summed E-state index contributed by atoms with van der Waals surface area (Å²) in [6.07, 6.45) is 12.9. The zero-order valence-electron chi connectivity index (χ0n) is 15.1. The molecule has 1 aromatic rings. The van der Waals surface area contributed by atoms with Gasteiger partial charge in [0.05, 0.1) is 11.7 Å². The van der Waals surface area contributed by atoms with Crippen LogP contribution in [0.25, 0.3) is 0 Å². The van der Waals surface area contributed by atoms with Gasteiger partial charge in [0, 0.05) is 13.2 Å². The van der Waals surface area contributed by atoms with E-state index >= 15 is 0 Å². The van der Waals surface area contributed by atoms with Crippen LogP contribution in [0.15, 0.2) is 36.4 Å². The summed E-state index contributed by atoms with van der Waals surface area (Å²) in [7, 11) is 1.76. The van der Waals surface area contributed by atoms with Crippen LogP contribution in [0, 0.1) is 29.0 Å². The third-order valence-electron chi connectivity index (χ3n) is 6.52. The second-order valence-electron chi connectivity index (χ2n) is 7.73. The van der Waals surface area contributed by atoms with Crippen molar-refractivity contribution in [2.75, 3.05) is 7.11 Å². The molecule has 0 spiro atoms. The Morgan fingerprint density at radius 3 is 2.20 bits per heavy atom. The summed E-state index contributed by atoms with van der Waals surface area (Å²) in [5.41, 5.74) is 1.07. The van der Waals surface area contributed by atoms with Crippen LogP contribution in [-0.4, -0.2) is 12.7 Å². The number of rotatable bonds is 4. The van der Waals surface area contributed by atoms with Crippen LogP contribution < -0.4 is 0 Å². The minimum absolute atomic E-state index is 0.147. The van der Waals surface area contributed by atoms with E-state index in [1.54, 1.807) is 25.3 Å². The third kappa shape index (κ3) is 4.30. The minimum Gasteiger partial charge on any atom is -0.374 e. The molecule has 0 radical (unpaired) electrons. The molecule has 1 aromatic carbocycles. The Labute approximate surface area is 150 Å². The third-order valence-corrected chi connectivity index (χ3v) is 6.52. The number of ether oxygens (including phenoxy) is 1. The molecule has 0 atom stereocenters. The van der Waals surface area contributed by atoms with Crippen molar-refractivity contribution < 1.29 is 9.13 Å². The van der Waals surface area contributed by atoms with Crippen LogP contribution in [-0.2, 0) is 4.74 Å². The standard InChI is InChI=1S/C22H28FNO/c1-25-22(13-2-16-24)14-11-20(12-15-22)18-5-3-17(4-6-18)19-7-9-21(23)10-8-19/h2,7-10,13,17-18,20H,3-6,11-12,14-15H2,1H3. The van der Waals surface area contributed by atoms with Gasteiger partial charge in [0.1, 0.15) is 5.82 Å². The van der Waals surface area contributed by atoms with E-state index in [1.807, 2.05) is 18.2 Å². The van der Waals surface area contributed by atoms with Crippen LogP contribution in [0.5, 0.6) is 0 Å². The van der Waals surface area contributed by atoms with E-state index in [1.165, 1.54) is 44.1 Å². The van der Waals surface area contributed by atoms with Gasteiger partial charge in [-0.05, 0) is 92.9 Å². The first-order chi connectivity index (χ1) is 12.2. The van der Waals surface area contributed by atoms with Crippen LogP contribution in [0.1, 0.15) is 62.8 Å². The minimum atomic E-state index is -0.225. The maximum absolute atomic E-state index is 13.1. The zero-order chi connectivity index (χ0) is 17.7. The molecule has 25 heavy (non-hydrogen) atoms. The van der Waals surface area contributed by atoms with E-state index in [2.05, 4.69) is 6.07 Å². The van der Waals surface area contributed by atoms with Gasteiger partial charge in [-0.15, -0.1) is 0 Å². The first-order valence-electron chi connectivity index (χ1n) is 9.54. The van der Waals surface area contributed by atoms with Gasteiger partial charge in [-0.3, -0.25) is 0 Å². The van der Waals surface area contributed by atoms with E-state index in [4.69, 9.17) is 10.00 Å². The molecular formula is C22H28FNO. The summed E-state index contributed by atoms with van der Waals surface area (Å²) >= 11 is 0. The number of halogens is 1. The quantitative estimate of drug-likeness (QED) is 0.653. The predicted octanol–water partition coefficient (Wildman–Crippen LogP) is 5.75. The molecule has 0 saturated heterocycles. The summed E-state index contributed by atoms with van der Waals surface area (Å²) < 4.78 is 18.8. The number of hydrogen-bond donors (Lipinski definition) is 0. The van der Waals surface area contributed by atoms with E-state index in [0.29, 0.717) is 5.92 Å². The molecule has 0 aliphatic heterocycles.